The van der Waals surface area contributed by atoms with Crippen LogP contribution in [0.2, 0.25) is 0 Å². The van der Waals surface area contributed by atoms with Crippen LogP contribution in [0.15, 0.2) is 103 Å². The van der Waals surface area contributed by atoms with Gasteiger partial charge in [0.1, 0.15) is 23.8 Å². The molecular weight excluding hydrogens is 771 g/mol. The third kappa shape index (κ3) is 16.6. The Morgan fingerprint density at radius 3 is 1.35 bits per heavy atom. The number of carbonyl (C=O) groups is 1. The molecule has 0 aliphatic carbocycles. The fourth-order valence-electron chi connectivity index (χ4n) is 5.66. The molecule has 9 nitrogen and oxygen atoms in total. The van der Waals surface area contributed by atoms with E-state index in [1.165, 1.54) is 48.0 Å². The van der Waals surface area contributed by atoms with Gasteiger partial charge in [0, 0.05) is 40.7 Å². The first kappa shape index (κ1) is 48.2. The van der Waals surface area contributed by atoms with Gasteiger partial charge in [-0.2, -0.15) is 10.5 Å². The molecule has 5 aromatic carbocycles. The van der Waals surface area contributed by atoms with Gasteiger partial charge in [-0.15, -0.1) is 0 Å². The fourth-order valence-corrected chi connectivity index (χ4v) is 8.75. The van der Waals surface area contributed by atoms with Crippen LogP contribution in [0.3, 0.4) is 0 Å². The average Bonchev–Trinajstić information content (AvgIpc) is 3.13. The lowest BCUT2D eigenvalue weighted by atomic mass is 9.90. The number of Topliss-reactive ketones (excluding diaryl/α,β-unsaturated/α-hetero) is 1. The van der Waals surface area contributed by atoms with Gasteiger partial charge in [-0.3, -0.25) is 4.79 Å². The van der Waals surface area contributed by atoms with Crippen molar-refractivity contribution in [2.45, 2.75) is 47.5 Å². The number of ketones is 1. The molecular formula is C44H52F2N2O7S2. The van der Waals surface area contributed by atoms with Crippen LogP contribution in [0.1, 0.15) is 68.9 Å². The maximum atomic E-state index is 14.0. The molecule has 13 heteroatoms. The lowest BCUT2D eigenvalue weighted by molar-refractivity contribution is 0.101. The van der Waals surface area contributed by atoms with Crippen molar-refractivity contribution in [2.24, 2.45) is 11.8 Å². The van der Waals surface area contributed by atoms with Crippen molar-refractivity contribution < 1.29 is 40.2 Å². The van der Waals surface area contributed by atoms with Crippen molar-refractivity contribution in [3.8, 4) is 34.4 Å². The Balaban J connectivity index is 0.000000306. The third-order valence-electron chi connectivity index (χ3n) is 8.64. The van der Waals surface area contributed by atoms with Crippen LogP contribution in [0.25, 0.3) is 33.0 Å². The molecule has 5 rings (SSSR count). The number of rotatable bonds is 9. The summed E-state index contributed by atoms with van der Waals surface area (Å²) < 4.78 is 85.2. The van der Waals surface area contributed by atoms with E-state index >= 15 is 0 Å². The number of fused-ring (bicyclic) bond motifs is 1. The molecule has 0 aromatic heterocycles. The van der Waals surface area contributed by atoms with E-state index in [9.17, 15) is 32.5 Å². The highest BCUT2D eigenvalue weighted by molar-refractivity contribution is 8.09. The van der Waals surface area contributed by atoms with E-state index in [0.717, 1.165) is 25.4 Å². The molecule has 2 atom stereocenters. The molecule has 57 heavy (non-hydrogen) atoms. The van der Waals surface area contributed by atoms with Crippen LogP contribution < -0.4 is 0 Å². The van der Waals surface area contributed by atoms with Gasteiger partial charge in [-0.1, -0.05) is 125 Å². The quantitative estimate of drug-likeness (QED) is 0.105. The van der Waals surface area contributed by atoms with E-state index in [-0.39, 0.29) is 45.8 Å². The maximum absolute atomic E-state index is 14.0. The van der Waals surface area contributed by atoms with Gasteiger partial charge >= 0.3 is 0 Å². The summed E-state index contributed by atoms with van der Waals surface area (Å²) in [6.45, 7) is 8.87. The van der Waals surface area contributed by atoms with Crippen LogP contribution in [0, 0.1) is 46.1 Å². The molecule has 5 aromatic rings. The second-order valence-corrected chi connectivity index (χ2v) is 20.8. The highest BCUT2D eigenvalue weighted by Crippen LogP contribution is 2.34. The first-order valence-electron chi connectivity index (χ1n) is 18.1. The van der Waals surface area contributed by atoms with Crippen LogP contribution in [0.5, 0.6) is 0 Å². The Morgan fingerprint density at radius 1 is 0.632 bits per heavy atom. The molecule has 0 amide bonds. The Hall–Kier alpha value is -4.99. The largest absolute Gasteiger partial charge is 0.308 e. The van der Waals surface area contributed by atoms with E-state index in [1.54, 1.807) is 24.3 Å². The second kappa shape index (κ2) is 19.9. The normalized spacial score (nSPS) is 13.4. The number of nitriles is 2. The minimum atomic E-state index is -4.22. The minimum absolute atomic E-state index is 0.0201. The molecule has 0 fully saturated rings. The monoisotopic (exact) mass is 822 g/mol. The van der Waals surface area contributed by atoms with E-state index in [1.807, 2.05) is 39.8 Å². The van der Waals surface area contributed by atoms with Crippen LogP contribution in [-0.4, -0.2) is 56.4 Å². The van der Waals surface area contributed by atoms with Crippen molar-refractivity contribution in [3.05, 3.63) is 131 Å². The molecule has 0 radical (unpaired) electrons. The van der Waals surface area contributed by atoms with Gasteiger partial charge in [-0.05, 0) is 58.9 Å². The standard InChI is InChI=1S/C22H12F2N2O.C10H8.2C6H16O3S/c1-13(27)18-10-14(15-4-2-6-21(23)19(15)11-25)8-9-17(18)16-5-3-7-22(24)20(16)12-26;1-2-6-10-8-4-3-7-9(10)5-1;2*1-4-6(2)5-10(3,7,8)9/h2-10H,1H3;1-8H;2*6H,4-5H2,1-3H3,(H2,7,8,9). The Labute approximate surface area is 334 Å². The summed E-state index contributed by atoms with van der Waals surface area (Å²) in [6.07, 6.45) is 3.60. The molecule has 306 valence electrons. The molecule has 0 bridgehead atoms. The highest BCUT2D eigenvalue weighted by atomic mass is 32.3. The lowest BCUT2D eigenvalue weighted by Gasteiger charge is -2.27. The minimum Gasteiger partial charge on any atom is -0.308 e. The van der Waals surface area contributed by atoms with Gasteiger partial charge in [-0.25, -0.2) is 17.2 Å². The highest BCUT2D eigenvalue weighted by Gasteiger charge is 2.25. The molecule has 0 aliphatic heterocycles. The Bertz CT molecular complexity index is 2280. The van der Waals surface area contributed by atoms with Gasteiger partial charge in [0.05, 0.1) is 30.4 Å². The lowest BCUT2D eigenvalue weighted by Crippen LogP contribution is -2.36. The Kier molecular flexibility index (Phi) is 16.8. The van der Waals surface area contributed by atoms with E-state index in [4.69, 9.17) is 18.2 Å². The average molecular weight is 823 g/mol. The molecule has 0 spiro atoms. The number of nitrogens with zero attached hydrogens (tertiary/aromatic N) is 2. The van der Waals surface area contributed by atoms with Gasteiger partial charge < -0.3 is 18.2 Å². The van der Waals surface area contributed by atoms with Crippen molar-refractivity contribution in [1.29, 1.82) is 10.5 Å². The summed E-state index contributed by atoms with van der Waals surface area (Å²) in [4.78, 5) is 12.2. The molecule has 0 saturated heterocycles. The van der Waals surface area contributed by atoms with E-state index in [2.05, 4.69) is 48.5 Å². The van der Waals surface area contributed by atoms with Crippen molar-refractivity contribution in [3.63, 3.8) is 0 Å². The maximum Gasteiger partial charge on any atom is 0.160 e. The van der Waals surface area contributed by atoms with Crippen LogP contribution in [0.4, 0.5) is 8.78 Å². The first-order chi connectivity index (χ1) is 26.4. The van der Waals surface area contributed by atoms with Gasteiger partial charge in [0.15, 0.2) is 5.78 Å². The van der Waals surface area contributed by atoms with Crippen LogP contribution in [-0.2, 0) is 19.3 Å². The summed E-state index contributed by atoms with van der Waals surface area (Å²) in [5.74, 6) is -1.47. The zero-order chi connectivity index (χ0) is 43.2. The number of carbonyl (C=O) groups excluding carboxylic acids is 1. The van der Waals surface area contributed by atoms with E-state index < -0.39 is 30.9 Å². The number of halogens is 2. The summed E-state index contributed by atoms with van der Waals surface area (Å²) in [5.41, 5.74) is 1.51. The van der Waals surface area contributed by atoms with Crippen LogP contribution >= 0.6 is 0 Å². The number of benzene rings is 5. The predicted octanol–water partition coefficient (Wildman–Crippen LogP) is 10.9. The van der Waals surface area contributed by atoms with E-state index in [0.29, 0.717) is 22.3 Å². The fraction of sp³-hybridized carbons (Fsp3) is 0.295. The Morgan fingerprint density at radius 2 is 1.02 bits per heavy atom. The second-order valence-electron chi connectivity index (χ2n) is 14.4. The summed E-state index contributed by atoms with van der Waals surface area (Å²) in [6, 6.07) is 33.5. The SMILES string of the molecule is CC(=O)c1cc(-c2cccc(F)c2C#N)ccc1-c1cccc(F)c1C#N.CCC(C)CS(C)(=O)(O)O.CCC(C)CS(C)(=O)(O)O.c1ccc2ccccc2c1. The van der Waals surface area contributed by atoms with Crippen molar-refractivity contribution in [2.75, 3.05) is 24.0 Å². The van der Waals surface area contributed by atoms with Crippen molar-refractivity contribution >= 4 is 35.8 Å². The van der Waals surface area contributed by atoms with Gasteiger partial charge in [0.25, 0.3) is 0 Å². The topological polar surface area (TPSA) is 180 Å². The summed E-state index contributed by atoms with van der Waals surface area (Å²) in [5, 5.41) is 21.1. The molecule has 0 saturated carbocycles. The molecule has 2 unspecified atom stereocenters. The number of hydrogen-bond donors (Lipinski definition) is 4. The zero-order valence-electron chi connectivity index (χ0n) is 33.3. The van der Waals surface area contributed by atoms with Gasteiger partial charge in [0.2, 0.25) is 0 Å². The summed E-state index contributed by atoms with van der Waals surface area (Å²) in [7, 11) is -8.44. The number of hydrogen-bond acceptors (Lipinski definition) is 5. The molecule has 0 heterocycles. The summed E-state index contributed by atoms with van der Waals surface area (Å²) >= 11 is 0. The third-order valence-corrected chi connectivity index (χ3v) is 11.3. The zero-order valence-corrected chi connectivity index (χ0v) is 34.9. The van der Waals surface area contributed by atoms with Crippen molar-refractivity contribution in [1.82, 2.24) is 0 Å². The molecule has 0 aliphatic rings. The first-order valence-corrected chi connectivity index (χ1v) is 23.0. The predicted molar refractivity (Wildman–Crippen MR) is 228 cm³/mol. The smallest absolute Gasteiger partial charge is 0.160 e. The molecule has 4 N–H and O–H groups in total.